The standard InChI is InChI=1S/C17H25ClN2O4/c1-17(2,3)24-16(22)20-14(10-19-11-15(21)23-4)9-12-5-7-13(18)8-6-12/h5-8,14,19H,9-11H2,1-4H3,(H,20,22)/t14-/m0/s1. The number of ether oxygens (including phenoxy) is 2. The maximum absolute atomic E-state index is 12.0. The van der Waals surface area contributed by atoms with Crippen molar-refractivity contribution in [3.63, 3.8) is 0 Å². The minimum Gasteiger partial charge on any atom is -0.468 e. The third-order valence-corrected chi connectivity index (χ3v) is 3.26. The summed E-state index contributed by atoms with van der Waals surface area (Å²) in [6.07, 6.45) is 0.0752. The molecule has 1 aromatic rings. The van der Waals surface area contributed by atoms with Gasteiger partial charge in [0.1, 0.15) is 5.60 Å². The normalized spacial score (nSPS) is 12.4. The van der Waals surface area contributed by atoms with Gasteiger partial charge < -0.3 is 20.1 Å². The fraction of sp³-hybridized carbons (Fsp3) is 0.529. The number of hydrogen-bond acceptors (Lipinski definition) is 5. The maximum atomic E-state index is 12.0. The number of nitrogens with one attached hydrogen (secondary N) is 2. The molecule has 0 unspecified atom stereocenters. The zero-order valence-corrected chi connectivity index (χ0v) is 15.3. The van der Waals surface area contributed by atoms with Crippen molar-refractivity contribution in [2.24, 2.45) is 0 Å². The largest absolute Gasteiger partial charge is 0.468 e. The fourth-order valence-corrected chi connectivity index (χ4v) is 2.10. The Labute approximate surface area is 147 Å². The van der Waals surface area contributed by atoms with E-state index in [0.29, 0.717) is 18.0 Å². The molecular formula is C17H25ClN2O4. The Kier molecular flexibility index (Phi) is 8.01. The first-order valence-corrected chi connectivity index (χ1v) is 8.09. The first-order chi connectivity index (χ1) is 11.2. The van der Waals surface area contributed by atoms with E-state index in [9.17, 15) is 9.59 Å². The number of esters is 1. The summed E-state index contributed by atoms with van der Waals surface area (Å²) in [5.41, 5.74) is 0.439. The monoisotopic (exact) mass is 356 g/mol. The molecule has 0 aromatic heterocycles. The molecule has 1 atom stereocenters. The van der Waals surface area contributed by atoms with Gasteiger partial charge in [-0.05, 0) is 44.9 Å². The summed E-state index contributed by atoms with van der Waals surface area (Å²) in [7, 11) is 1.33. The van der Waals surface area contributed by atoms with Crippen LogP contribution in [0.25, 0.3) is 0 Å². The van der Waals surface area contributed by atoms with Crippen LogP contribution in [-0.4, -0.2) is 43.9 Å². The Hall–Kier alpha value is -1.79. The number of halogens is 1. The molecule has 0 fully saturated rings. The number of methoxy groups -OCH3 is 1. The lowest BCUT2D eigenvalue weighted by Crippen LogP contribution is -2.46. The second-order valence-electron chi connectivity index (χ2n) is 6.38. The lowest BCUT2D eigenvalue weighted by Gasteiger charge is -2.24. The molecule has 0 aliphatic heterocycles. The highest BCUT2D eigenvalue weighted by Gasteiger charge is 2.20. The second-order valence-corrected chi connectivity index (χ2v) is 6.82. The summed E-state index contributed by atoms with van der Waals surface area (Å²) >= 11 is 5.89. The SMILES string of the molecule is COC(=O)CNC[C@H](Cc1ccc(Cl)cc1)NC(=O)OC(C)(C)C. The van der Waals surface area contributed by atoms with E-state index in [1.54, 1.807) is 32.9 Å². The lowest BCUT2D eigenvalue weighted by atomic mass is 10.1. The highest BCUT2D eigenvalue weighted by atomic mass is 35.5. The van der Waals surface area contributed by atoms with Crippen molar-refractivity contribution >= 4 is 23.7 Å². The number of alkyl carbamates (subject to hydrolysis) is 1. The summed E-state index contributed by atoms with van der Waals surface area (Å²) in [6.45, 7) is 5.88. The van der Waals surface area contributed by atoms with Crippen molar-refractivity contribution in [2.75, 3.05) is 20.2 Å². The van der Waals surface area contributed by atoms with Gasteiger partial charge in [-0.3, -0.25) is 4.79 Å². The molecule has 6 nitrogen and oxygen atoms in total. The van der Waals surface area contributed by atoms with Crippen LogP contribution in [0.3, 0.4) is 0 Å². The van der Waals surface area contributed by atoms with E-state index < -0.39 is 11.7 Å². The maximum Gasteiger partial charge on any atom is 0.407 e. The molecular weight excluding hydrogens is 332 g/mol. The summed E-state index contributed by atoms with van der Waals surface area (Å²) in [4.78, 5) is 23.2. The molecule has 0 aliphatic carbocycles. The van der Waals surface area contributed by atoms with Crippen molar-refractivity contribution in [3.8, 4) is 0 Å². The fourth-order valence-electron chi connectivity index (χ4n) is 1.97. The van der Waals surface area contributed by atoms with Gasteiger partial charge in [-0.15, -0.1) is 0 Å². The van der Waals surface area contributed by atoms with Crippen LogP contribution in [0.5, 0.6) is 0 Å². The van der Waals surface area contributed by atoms with Gasteiger partial charge in [0.15, 0.2) is 0 Å². The van der Waals surface area contributed by atoms with Crippen molar-refractivity contribution in [1.82, 2.24) is 10.6 Å². The molecule has 0 bridgehead atoms. The van der Waals surface area contributed by atoms with Gasteiger partial charge in [0.05, 0.1) is 13.7 Å². The number of carbonyl (C=O) groups excluding carboxylic acids is 2. The quantitative estimate of drug-likeness (QED) is 0.734. The summed E-state index contributed by atoms with van der Waals surface area (Å²) in [5, 5.41) is 6.44. The first kappa shape index (κ1) is 20.3. The third kappa shape index (κ3) is 8.74. The van der Waals surface area contributed by atoms with E-state index >= 15 is 0 Å². The van der Waals surface area contributed by atoms with E-state index in [1.807, 2.05) is 12.1 Å². The second kappa shape index (κ2) is 9.49. The van der Waals surface area contributed by atoms with Crippen LogP contribution >= 0.6 is 11.6 Å². The average Bonchev–Trinajstić information content (AvgIpc) is 2.47. The molecule has 1 rings (SSSR count). The van der Waals surface area contributed by atoms with E-state index in [1.165, 1.54) is 7.11 Å². The molecule has 7 heteroatoms. The predicted molar refractivity (Wildman–Crippen MR) is 93.2 cm³/mol. The molecule has 24 heavy (non-hydrogen) atoms. The van der Waals surface area contributed by atoms with Gasteiger partial charge in [-0.25, -0.2) is 4.79 Å². The molecule has 0 saturated carbocycles. The van der Waals surface area contributed by atoms with Gasteiger partial charge in [-0.2, -0.15) is 0 Å². The summed E-state index contributed by atoms with van der Waals surface area (Å²) in [6, 6.07) is 7.14. The Morgan fingerprint density at radius 2 is 1.83 bits per heavy atom. The van der Waals surface area contributed by atoms with Crippen LogP contribution in [0.4, 0.5) is 4.79 Å². The van der Waals surface area contributed by atoms with Gasteiger partial charge in [0.2, 0.25) is 0 Å². The van der Waals surface area contributed by atoms with Crippen LogP contribution in [0, 0.1) is 0 Å². The van der Waals surface area contributed by atoms with Crippen LogP contribution in [-0.2, 0) is 20.7 Å². The molecule has 2 N–H and O–H groups in total. The van der Waals surface area contributed by atoms with Gasteiger partial charge >= 0.3 is 12.1 Å². The topological polar surface area (TPSA) is 76.7 Å². The molecule has 134 valence electrons. The predicted octanol–water partition coefficient (Wildman–Crippen LogP) is 2.54. The van der Waals surface area contributed by atoms with Crippen molar-refractivity contribution in [1.29, 1.82) is 0 Å². The van der Waals surface area contributed by atoms with Gasteiger partial charge in [0, 0.05) is 17.6 Å². The lowest BCUT2D eigenvalue weighted by molar-refractivity contribution is -0.139. The number of rotatable bonds is 7. The summed E-state index contributed by atoms with van der Waals surface area (Å²) < 4.78 is 9.87. The molecule has 0 heterocycles. The van der Waals surface area contributed by atoms with E-state index in [-0.39, 0.29) is 18.6 Å². The van der Waals surface area contributed by atoms with Gasteiger partial charge in [0.25, 0.3) is 0 Å². The van der Waals surface area contributed by atoms with Gasteiger partial charge in [-0.1, -0.05) is 23.7 Å². The first-order valence-electron chi connectivity index (χ1n) is 7.71. The van der Waals surface area contributed by atoms with E-state index in [0.717, 1.165) is 5.56 Å². The Balaban J connectivity index is 2.65. The zero-order chi connectivity index (χ0) is 18.2. The molecule has 1 aromatic carbocycles. The van der Waals surface area contributed by atoms with Crippen molar-refractivity contribution in [3.05, 3.63) is 34.9 Å². The Morgan fingerprint density at radius 3 is 2.38 bits per heavy atom. The number of carbonyl (C=O) groups is 2. The number of hydrogen-bond donors (Lipinski definition) is 2. The molecule has 0 saturated heterocycles. The minimum absolute atomic E-state index is 0.0730. The molecule has 0 radical (unpaired) electrons. The molecule has 0 spiro atoms. The smallest absolute Gasteiger partial charge is 0.407 e. The zero-order valence-electron chi connectivity index (χ0n) is 14.5. The van der Waals surface area contributed by atoms with Crippen LogP contribution < -0.4 is 10.6 Å². The average molecular weight is 357 g/mol. The van der Waals surface area contributed by atoms with Crippen molar-refractivity contribution < 1.29 is 19.1 Å². The summed E-state index contributed by atoms with van der Waals surface area (Å²) in [5.74, 6) is -0.363. The molecule has 0 aliphatic rings. The third-order valence-electron chi connectivity index (χ3n) is 3.00. The van der Waals surface area contributed by atoms with Crippen LogP contribution in [0.15, 0.2) is 24.3 Å². The highest BCUT2D eigenvalue weighted by molar-refractivity contribution is 6.30. The Morgan fingerprint density at radius 1 is 1.21 bits per heavy atom. The molecule has 1 amide bonds. The van der Waals surface area contributed by atoms with E-state index in [4.69, 9.17) is 16.3 Å². The van der Waals surface area contributed by atoms with Crippen LogP contribution in [0.2, 0.25) is 5.02 Å². The minimum atomic E-state index is -0.575. The number of benzene rings is 1. The highest BCUT2D eigenvalue weighted by Crippen LogP contribution is 2.12. The van der Waals surface area contributed by atoms with Crippen LogP contribution in [0.1, 0.15) is 26.3 Å². The Bertz CT molecular complexity index is 541. The van der Waals surface area contributed by atoms with Crippen molar-refractivity contribution in [2.45, 2.75) is 38.8 Å². The number of amides is 1. The van der Waals surface area contributed by atoms with E-state index in [2.05, 4.69) is 15.4 Å².